The van der Waals surface area contributed by atoms with Gasteiger partial charge in [-0.05, 0) is 40.5 Å². The minimum atomic E-state index is -0.965. The number of halogens is 3. The molecule has 23 heavy (non-hydrogen) atoms. The van der Waals surface area contributed by atoms with Crippen molar-refractivity contribution >= 4 is 33.1 Å². The largest absolute Gasteiger partial charge is 0.454 e. The summed E-state index contributed by atoms with van der Waals surface area (Å²) in [6.07, 6.45) is 1.59. The van der Waals surface area contributed by atoms with E-state index in [2.05, 4.69) is 30.9 Å². The highest BCUT2D eigenvalue weighted by molar-refractivity contribution is 9.10. The third-order valence-electron chi connectivity index (χ3n) is 3.16. The van der Waals surface area contributed by atoms with Crippen LogP contribution in [-0.4, -0.2) is 20.9 Å². The maximum Gasteiger partial charge on any atom is 0.341 e. The van der Waals surface area contributed by atoms with Gasteiger partial charge in [0, 0.05) is 16.7 Å². The van der Waals surface area contributed by atoms with Gasteiger partial charge in [0.1, 0.15) is 24.1 Å². The topological polar surface area (TPSA) is 67.9 Å². The molecular weight excluding hydrogens is 372 g/mol. The van der Waals surface area contributed by atoms with Gasteiger partial charge < -0.3 is 9.72 Å². The number of fused-ring (bicyclic) bond motifs is 1. The number of rotatable bonds is 3. The number of H-pyrrole nitrogens is 1. The number of pyridine rings is 1. The third kappa shape index (κ3) is 3.21. The Morgan fingerprint density at radius 1 is 1.30 bits per heavy atom. The van der Waals surface area contributed by atoms with Gasteiger partial charge in [0.05, 0.1) is 11.1 Å². The van der Waals surface area contributed by atoms with Crippen LogP contribution in [0.5, 0.6) is 0 Å². The minimum Gasteiger partial charge on any atom is -0.454 e. The molecule has 1 N–H and O–H groups in total. The van der Waals surface area contributed by atoms with Gasteiger partial charge in [-0.1, -0.05) is 0 Å². The lowest BCUT2D eigenvalue weighted by Gasteiger charge is -2.05. The second-order valence-electron chi connectivity index (χ2n) is 4.87. The Balaban J connectivity index is 1.76. The second kappa shape index (κ2) is 6.04. The SMILES string of the molecule is Cc1cc(C(=O)OCc2nc3ncc(Br)cc3[nH]2)c(F)cc1F. The van der Waals surface area contributed by atoms with E-state index in [1.807, 2.05) is 0 Å². The number of hydrogen-bond donors (Lipinski definition) is 1. The molecule has 2 aromatic heterocycles. The highest BCUT2D eigenvalue weighted by Gasteiger charge is 2.17. The van der Waals surface area contributed by atoms with E-state index in [-0.39, 0.29) is 17.7 Å². The zero-order valence-corrected chi connectivity index (χ0v) is 13.4. The molecule has 0 spiro atoms. The molecule has 0 aliphatic carbocycles. The maximum absolute atomic E-state index is 13.6. The fourth-order valence-electron chi connectivity index (χ4n) is 2.02. The standard InChI is InChI=1S/C15H10BrF2N3O2/c1-7-2-9(11(18)4-10(7)17)15(22)23-6-13-20-12-3-8(16)5-19-14(12)21-13/h2-5H,6H2,1H3,(H,19,20,21). The molecule has 0 atom stereocenters. The van der Waals surface area contributed by atoms with Crippen LogP contribution in [0.4, 0.5) is 8.78 Å². The summed E-state index contributed by atoms with van der Waals surface area (Å²) in [7, 11) is 0. The first-order chi connectivity index (χ1) is 10.9. The predicted octanol–water partition coefficient (Wildman–Crippen LogP) is 3.66. The van der Waals surface area contributed by atoms with Gasteiger partial charge in [-0.25, -0.2) is 23.5 Å². The number of ether oxygens (including phenoxy) is 1. The van der Waals surface area contributed by atoms with Crippen molar-refractivity contribution in [3.8, 4) is 0 Å². The molecule has 3 rings (SSSR count). The summed E-state index contributed by atoms with van der Waals surface area (Å²) in [6, 6.07) is 3.56. The van der Waals surface area contributed by atoms with Crippen LogP contribution in [0.15, 0.2) is 28.9 Å². The molecule has 0 aliphatic heterocycles. The number of carbonyl (C=O) groups excluding carboxylic acids is 1. The molecule has 0 saturated carbocycles. The van der Waals surface area contributed by atoms with E-state index in [1.54, 1.807) is 12.3 Å². The number of carbonyl (C=O) groups is 1. The Morgan fingerprint density at radius 2 is 2.09 bits per heavy atom. The lowest BCUT2D eigenvalue weighted by Crippen LogP contribution is -2.09. The van der Waals surface area contributed by atoms with Crippen LogP contribution in [0.3, 0.4) is 0 Å². The Labute approximate surface area is 137 Å². The summed E-state index contributed by atoms with van der Waals surface area (Å²) in [5, 5.41) is 0. The normalized spacial score (nSPS) is 11.0. The van der Waals surface area contributed by atoms with Gasteiger partial charge in [-0.15, -0.1) is 0 Å². The Morgan fingerprint density at radius 3 is 2.87 bits per heavy atom. The first kappa shape index (κ1) is 15.5. The van der Waals surface area contributed by atoms with Gasteiger partial charge in [0.25, 0.3) is 0 Å². The summed E-state index contributed by atoms with van der Waals surface area (Å²) < 4.78 is 32.6. The van der Waals surface area contributed by atoms with Crippen LogP contribution in [0.25, 0.3) is 11.2 Å². The van der Waals surface area contributed by atoms with Gasteiger partial charge >= 0.3 is 5.97 Å². The van der Waals surface area contributed by atoms with Crippen molar-refractivity contribution in [2.24, 2.45) is 0 Å². The Kier molecular flexibility index (Phi) is 4.08. The van der Waals surface area contributed by atoms with Crippen LogP contribution in [0.2, 0.25) is 0 Å². The van der Waals surface area contributed by atoms with Crippen molar-refractivity contribution in [3.05, 3.63) is 57.5 Å². The van der Waals surface area contributed by atoms with Crippen LogP contribution < -0.4 is 0 Å². The molecule has 8 heteroatoms. The number of nitrogens with zero attached hydrogens (tertiary/aromatic N) is 2. The lowest BCUT2D eigenvalue weighted by atomic mass is 10.1. The fraction of sp³-hybridized carbons (Fsp3) is 0.133. The van der Waals surface area contributed by atoms with E-state index >= 15 is 0 Å². The first-order valence-corrected chi connectivity index (χ1v) is 7.36. The lowest BCUT2D eigenvalue weighted by molar-refractivity contribution is 0.0458. The summed E-state index contributed by atoms with van der Waals surface area (Å²) in [4.78, 5) is 23.1. The van der Waals surface area contributed by atoms with Crippen LogP contribution in [0.1, 0.15) is 21.7 Å². The number of aromatic amines is 1. The molecule has 1 aromatic carbocycles. The summed E-state index contributed by atoms with van der Waals surface area (Å²) >= 11 is 3.29. The molecule has 3 aromatic rings. The molecule has 0 saturated heterocycles. The van der Waals surface area contributed by atoms with Crippen molar-refractivity contribution in [2.45, 2.75) is 13.5 Å². The molecular formula is C15H10BrF2N3O2. The monoisotopic (exact) mass is 381 g/mol. The van der Waals surface area contributed by atoms with E-state index in [0.717, 1.165) is 10.5 Å². The Hall–Kier alpha value is -2.35. The zero-order valence-electron chi connectivity index (χ0n) is 11.9. The number of benzene rings is 1. The zero-order chi connectivity index (χ0) is 16.6. The number of aryl methyl sites for hydroxylation is 1. The van der Waals surface area contributed by atoms with Crippen molar-refractivity contribution in [2.75, 3.05) is 0 Å². The molecule has 0 unspecified atom stereocenters. The fourth-order valence-corrected chi connectivity index (χ4v) is 2.35. The molecule has 0 aliphatic rings. The van der Waals surface area contributed by atoms with Crippen molar-refractivity contribution in [3.63, 3.8) is 0 Å². The summed E-state index contributed by atoms with van der Waals surface area (Å²) in [6.45, 7) is 1.26. The quantitative estimate of drug-likeness (QED) is 0.702. The van der Waals surface area contributed by atoms with Gasteiger partial charge in [-0.2, -0.15) is 0 Å². The maximum atomic E-state index is 13.6. The van der Waals surface area contributed by atoms with Crippen molar-refractivity contribution in [1.82, 2.24) is 15.0 Å². The number of aromatic nitrogens is 3. The van der Waals surface area contributed by atoms with E-state index in [0.29, 0.717) is 23.1 Å². The van der Waals surface area contributed by atoms with E-state index in [9.17, 15) is 13.6 Å². The first-order valence-electron chi connectivity index (χ1n) is 6.57. The van der Waals surface area contributed by atoms with Crippen LogP contribution >= 0.6 is 15.9 Å². The van der Waals surface area contributed by atoms with Crippen molar-refractivity contribution in [1.29, 1.82) is 0 Å². The average Bonchev–Trinajstić information content (AvgIpc) is 2.90. The molecule has 0 radical (unpaired) electrons. The molecule has 5 nitrogen and oxygen atoms in total. The number of esters is 1. The number of imidazole rings is 1. The van der Waals surface area contributed by atoms with Crippen LogP contribution in [0, 0.1) is 18.6 Å². The molecule has 0 fully saturated rings. The highest BCUT2D eigenvalue weighted by atomic mass is 79.9. The molecule has 2 heterocycles. The Bertz CT molecular complexity index is 911. The molecule has 0 amide bonds. The summed E-state index contributed by atoms with van der Waals surface area (Å²) in [5.41, 5.74) is 0.995. The molecule has 0 bridgehead atoms. The smallest absolute Gasteiger partial charge is 0.341 e. The molecule has 118 valence electrons. The van der Waals surface area contributed by atoms with E-state index in [1.165, 1.54) is 6.92 Å². The van der Waals surface area contributed by atoms with Gasteiger partial charge in [-0.3, -0.25) is 0 Å². The summed E-state index contributed by atoms with van der Waals surface area (Å²) in [5.74, 6) is -2.19. The van der Waals surface area contributed by atoms with Gasteiger partial charge in [0.15, 0.2) is 5.65 Å². The van der Waals surface area contributed by atoms with Crippen LogP contribution in [-0.2, 0) is 11.3 Å². The van der Waals surface area contributed by atoms with E-state index in [4.69, 9.17) is 4.74 Å². The predicted molar refractivity (Wildman–Crippen MR) is 81.8 cm³/mol. The minimum absolute atomic E-state index is 0.163. The second-order valence-corrected chi connectivity index (χ2v) is 5.78. The number of nitrogens with one attached hydrogen (secondary N) is 1. The highest BCUT2D eigenvalue weighted by Crippen LogP contribution is 2.17. The van der Waals surface area contributed by atoms with Gasteiger partial charge in [0.2, 0.25) is 0 Å². The van der Waals surface area contributed by atoms with E-state index < -0.39 is 17.6 Å². The number of hydrogen-bond acceptors (Lipinski definition) is 4. The average molecular weight is 382 g/mol. The van der Waals surface area contributed by atoms with Crippen molar-refractivity contribution < 1.29 is 18.3 Å². The third-order valence-corrected chi connectivity index (χ3v) is 3.59.